The number of anilines is 1. The second-order valence-electron chi connectivity index (χ2n) is 4.49. The van der Waals surface area contributed by atoms with Crippen LogP contribution in [-0.2, 0) is 4.74 Å². The van der Waals surface area contributed by atoms with Crippen molar-refractivity contribution in [1.29, 1.82) is 5.26 Å². The van der Waals surface area contributed by atoms with E-state index in [1.54, 1.807) is 0 Å². The summed E-state index contributed by atoms with van der Waals surface area (Å²) in [6.45, 7) is 3.64. The van der Waals surface area contributed by atoms with Gasteiger partial charge in [-0.1, -0.05) is 12.1 Å². The molecule has 0 spiro atoms. The molecule has 1 heterocycles. The lowest BCUT2D eigenvalue weighted by Crippen LogP contribution is -2.20. The van der Waals surface area contributed by atoms with Crippen molar-refractivity contribution in [2.24, 2.45) is 0 Å². The van der Waals surface area contributed by atoms with Gasteiger partial charge < -0.3 is 10.1 Å². The lowest BCUT2D eigenvalue weighted by atomic mass is 10.0. The first-order chi connectivity index (χ1) is 8.31. The van der Waals surface area contributed by atoms with Gasteiger partial charge in [0.05, 0.1) is 11.3 Å². The molecule has 1 aromatic carbocycles. The van der Waals surface area contributed by atoms with Gasteiger partial charge in [-0.15, -0.1) is 0 Å². The highest BCUT2D eigenvalue weighted by atomic mass is 16.5. The van der Waals surface area contributed by atoms with Gasteiger partial charge in [0.1, 0.15) is 6.07 Å². The van der Waals surface area contributed by atoms with Crippen LogP contribution in [0.4, 0.5) is 5.69 Å². The van der Waals surface area contributed by atoms with Crippen molar-refractivity contribution in [3.63, 3.8) is 0 Å². The highest BCUT2D eigenvalue weighted by molar-refractivity contribution is 5.61. The van der Waals surface area contributed by atoms with E-state index in [0.717, 1.165) is 49.3 Å². The van der Waals surface area contributed by atoms with E-state index in [-0.39, 0.29) is 0 Å². The Morgan fingerprint density at radius 1 is 1.35 bits per heavy atom. The summed E-state index contributed by atoms with van der Waals surface area (Å²) in [6.07, 6.45) is 3.21. The first-order valence-corrected chi connectivity index (χ1v) is 6.15. The van der Waals surface area contributed by atoms with E-state index in [1.807, 2.05) is 25.1 Å². The minimum Gasteiger partial charge on any atom is -0.381 e. The van der Waals surface area contributed by atoms with E-state index in [1.165, 1.54) is 0 Å². The van der Waals surface area contributed by atoms with Crippen LogP contribution in [0, 0.1) is 18.3 Å². The molecule has 1 aliphatic rings. The van der Waals surface area contributed by atoms with Crippen LogP contribution < -0.4 is 5.32 Å². The molecule has 1 aliphatic heterocycles. The summed E-state index contributed by atoms with van der Waals surface area (Å²) < 4.78 is 5.44. The number of rotatable bonds is 2. The molecule has 1 unspecified atom stereocenters. The fourth-order valence-electron chi connectivity index (χ4n) is 2.20. The molecule has 90 valence electrons. The largest absolute Gasteiger partial charge is 0.381 e. The van der Waals surface area contributed by atoms with E-state index in [4.69, 9.17) is 10.00 Å². The molecule has 0 amide bonds. The maximum absolute atomic E-state index is 9.17. The summed E-state index contributed by atoms with van der Waals surface area (Å²) in [5, 5.41) is 12.6. The van der Waals surface area contributed by atoms with Crippen LogP contribution in [0.25, 0.3) is 0 Å². The van der Waals surface area contributed by atoms with Crippen molar-refractivity contribution in [2.75, 3.05) is 18.5 Å². The molecular weight excluding hydrogens is 212 g/mol. The van der Waals surface area contributed by atoms with E-state index in [9.17, 15) is 0 Å². The second-order valence-corrected chi connectivity index (χ2v) is 4.49. The van der Waals surface area contributed by atoms with Crippen LogP contribution in [0.1, 0.15) is 30.4 Å². The second kappa shape index (κ2) is 5.70. The summed E-state index contributed by atoms with van der Waals surface area (Å²) in [4.78, 5) is 0. The summed E-state index contributed by atoms with van der Waals surface area (Å²) in [5.74, 6) is 0. The quantitative estimate of drug-likeness (QED) is 0.849. The van der Waals surface area contributed by atoms with Crippen molar-refractivity contribution in [1.82, 2.24) is 0 Å². The maximum Gasteiger partial charge on any atom is 0.102 e. The number of nitrogens with one attached hydrogen (secondary N) is 1. The molecule has 0 aliphatic carbocycles. The van der Waals surface area contributed by atoms with Crippen molar-refractivity contribution in [2.45, 2.75) is 32.2 Å². The van der Waals surface area contributed by atoms with Crippen LogP contribution in [0.15, 0.2) is 18.2 Å². The molecule has 0 bridgehead atoms. The third-order valence-corrected chi connectivity index (χ3v) is 3.20. The van der Waals surface area contributed by atoms with E-state index >= 15 is 0 Å². The number of hydrogen-bond acceptors (Lipinski definition) is 3. The minimum atomic E-state index is 0.423. The van der Waals surface area contributed by atoms with Gasteiger partial charge >= 0.3 is 0 Å². The van der Waals surface area contributed by atoms with Crippen LogP contribution in [-0.4, -0.2) is 19.3 Å². The molecule has 3 nitrogen and oxygen atoms in total. The van der Waals surface area contributed by atoms with Gasteiger partial charge in [0.2, 0.25) is 0 Å². The Balaban J connectivity index is 2.12. The maximum atomic E-state index is 9.17. The Hall–Kier alpha value is -1.53. The monoisotopic (exact) mass is 230 g/mol. The molecular formula is C14H18N2O. The molecule has 1 saturated heterocycles. The minimum absolute atomic E-state index is 0.423. The summed E-state index contributed by atoms with van der Waals surface area (Å²) in [6, 6.07) is 8.65. The Bertz CT molecular complexity index is 415. The molecule has 1 fully saturated rings. The average Bonchev–Trinajstić information content (AvgIpc) is 2.58. The van der Waals surface area contributed by atoms with Crippen LogP contribution in [0.2, 0.25) is 0 Å². The van der Waals surface area contributed by atoms with Crippen LogP contribution in [0.5, 0.6) is 0 Å². The molecule has 0 radical (unpaired) electrons. The third kappa shape index (κ3) is 2.98. The smallest absolute Gasteiger partial charge is 0.102 e. The summed E-state index contributed by atoms with van der Waals surface area (Å²) in [7, 11) is 0. The molecule has 0 saturated carbocycles. The van der Waals surface area contributed by atoms with Crippen molar-refractivity contribution >= 4 is 5.69 Å². The normalized spacial score (nSPS) is 20.4. The standard InChI is InChI=1S/C14H18N2O/c1-11-4-2-6-14(13(11)10-15)16-12-5-3-8-17-9-7-12/h2,4,6,12,16H,3,5,7-9H2,1H3. The average molecular weight is 230 g/mol. The summed E-state index contributed by atoms with van der Waals surface area (Å²) in [5.41, 5.74) is 2.75. The number of ether oxygens (including phenoxy) is 1. The Labute approximate surface area is 102 Å². The van der Waals surface area contributed by atoms with E-state index in [2.05, 4.69) is 11.4 Å². The number of aryl methyl sites for hydroxylation is 1. The zero-order valence-electron chi connectivity index (χ0n) is 10.2. The van der Waals surface area contributed by atoms with Crippen molar-refractivity contribution < 1.29 is 4.74 Å². The molecule has 2 rings (SSSR count). The van der Waals surface area contributed by atoms with E-state index < -0.39 is 0 Å². The molecule has 3 heteroatoms. The first-order valence-electron chi connectivity index (χ1n) is 6.15. The molecule has 1 aromatic rings. The number of nitrogens with zero attached hydrogens (tertiary/aromatic N) is 1. The highest BCUT2D eigenvalue weighted by Crippen LogP contribution is 2.21. The van der Waals surface area contributed by atoms with Crippen molar-refractivity contribution in [3.05, 3.63) is 29.3 Å². The highest BCUT2D eigenvalue weighted by Gasteiger charge is 2.14. The van der Waals surface area contributed by atoms with E-state index in [0.29, 0.717) is 6.04 Å². The van der Waals surface area contributed by atoms with Crippen LogP contribution >= 0.6 is 0 Å². The Morgan fingerprint density at radius 3 is 3.06 bits per heavy atom. The fraction of sp³-hybridized carbons (Fsp3) is 0.500. The first kappa shape index (κ1) is 11.9. The van der Waals surface area contributed by atoms with Gasteiger partial charge in [0, 0.05) is 19.3 Å². The SMILES string of the molecule is Cc1cccc(NC2CCCOCC2)c1C#N. The van der Waals surface area contributed by atoms with Crippen LogP contribution in [0.3, 0.4) is 0 Å². The van der Waals surface area contributed by atoms with Gasteiger partial charge in [-0.25, -0.2) is 0 Å². The van der Waals surface area contributed by atoms with Gasteiger partial charge in [-0.05, 0) is 37.8 Å². The lowest BCUT2D eigenvalue weighted by Gasteiger charge is -2.18. The predicted molar refractivity (Wildman–Crippen MR) is 68.0 cm³/mol. The number of nitriles is 1. The van der Waals surface area contributed by atoms with Gasteiger partial charge in [-0.3, -0.25) is 0 Å². The van der Waals surface area contributed by atoms with Crippen molar-refractivity contribution in [3.8, 4) is 6.07 Å². The number of benzene rings is 1. The fourth-order valence-corrected chi connectivity index (χ4v) is 2.20. The molecule has 0 aromatic heterocycles. The van der Waals surface area contributed by atoms with Gasteiger partial charge in [-0.2, -0.15) is 5.26 Å². The predicted octanol–water partition coefficient (Wildman–Crippen LogP) is 2.85. The Kier molecular flexibility index (Phi) is 4.00. The zero-order valence-corrected chi connectivity index (χ0v) is 10.2. The zero-order chi connectivity index (χ0) is 12.1. The molecule has 17 heavy (non-hydrogen) atoms. The Morgan fingerprint density at radius 2 is 2.24 bits per heavy atom. The molecule has 1 N–H and O–H groups in total. The van der Waals surface area contributed by atoms with Gasteiger partial charge in [0.25, 0.3) is 0 Å². The number of hydrogen-bond donors (Lipinski definition) is 1. The lowest BCUT2D eigenvalue weighted by molar-refractivity contribution is 0.144. The molecule has 1 atom stereocenters. The van der Waals surface area contributed by atoms with Gasteiger partial charge in [0.15, 0.2) is 0 Å². The topological polar surface area (TPSA) is 45.0 Å². The third-order valence-electron chi connectivity index (χ3n) is 3.20. The summed E-state index contributed by atoms with van der Waals surface area (Å²) >= 11 is 0.